The van der Waals surface area contributed by atoms with Crippen molar-refractivity contribution in [1.29, 1.82) is 0 Å². The molecule has 0 bridgehead atoms. The van der Waals surface area contributed by atoms with Gasteiger partial charge in [-0.1, -0.05) is 6.42 Å². The molecule has 2 aromatic carbocycles. The Hall–Kier alpha value is -2.62. The van der Waals surface area contributed by atoms with E-state index in [-0.39, 0.29) is 13.2 Å². The van der Waals surface area contributed by atoms with Gasteiger partial charge in [0.05, 0.1) is 13.2 Å². The highest BCUT2D eigenvalue weighted by atomic mass is 32.2. The fraction of sp³-hybridized carbons (Fsp3) is 0.548. The van der Waals surface area contributed by atoms with Gasteiger partial charge in [-0.2, -0.15) is 23.5 Å². The molecule has 0 aliphatic carbocycles. The number of esters is 2. The molecule has 4 nitrogen and oxygen atoms in total. The summed E-state index contributed by atoms with van der Waals surface area (Å²) in [4.78, 5) is 23.2. The summed E-state index contributed by atoms with van der Waals surface area (Å²) < 4.78 is 141. The Balaban J connectivity index is 0.000000256. The van der Waals surface area contributed by atoms with Crippen molar-refractivity contribution in [2.45, 2.75) is 57.8 Å². The van der Waals surface area contributed by atoms with Crippen LogP contribution in [-0.4, -0.2) is 48.2 Å². The number of hydrogen-bond acceptors (Lipinski definition) is 6. The highest BCUT2D eigenvalue weighted by Crippen LogP contribution is 2.29. The summed E-state index contributed by atoms with van der Waals surface area (Å²) in [7, 11) is 0. The molecule has 0 spiro atoms. The molecule has 0 aromatic heterocycles. The second-order valence-corrected chi connectivity index (χ2v) is 13.4. The largest absolute Gasteiger partial charge is 0.462 e. The third-order valence-electron chi connectivity index (χ3n) is 7.74. The first-order valence-corrected chi connectivity index (χ1v) is 17.2. The Labute approximate surface area is 273 Å². The van der Waals surface area contributed by atoms with E-state index >= 15 is 0 Å². The number of thioether (sulfide) groups is 2. The first kappa shape index (κ1) is 38.8. The molecule has 0 unspecified atom stereocenters. The van der Waals surface area contributed by atoms with E-state index in [4.69, 9.17) is 0 Å². The summed E-state index contributed by atoms with van der Waals surface area (Å²) in [5, 5.41) is 0. The first-order valence-electron chi connectivity index (χ1n) is 14.9. The van der Waals surface area contributed by atoms with Crippen LogP contribution >= 0.6 is 23.5 Å². The van der Waals surface area contributed by atoms with Gasteiger partial charge in [0.1, 0.15) is 11.1 Å². The average molecular weight is 723 g/mol. The van der Waals surface area contributed by atoms with E-state index in [0.29, 0.717) is 24.7 Å². The van der Waals surface area contributed by atoms with Gasteiger partial charge < -0.3 is 9.47 Å². The number of carbonyl (C=O) groups excluding carboxylic acids is 2. The number of unbranched alkanes of at least 4 members (excludes halogenated alkanes) is 1. The first-order chi connectivity index (χ1) is 22.4. The average Bonchev–Trinajstić information content (AvgIpc) is 3.08. The lowest BCUT2D eigenvalue weighted by Crippen LogP contribution is -2.16. The number of ether oxygens (including phenoxy) is 2. The van der Waals surface area contributed by atoms with Crippen molar-refractivity contribution in [2.24, 2.45) is 11.8 Å². The second-order valence-electron chi connectivity index (χ2n) is 10.9. The molecule has 2 fully saturated rings. The van der Waals surface area contributed by atoms with Gasteiger partial charge >= 0.3 is 11.9 Å². The number of rotatable bonds is 11. The molecule has 2 saturated heterocycles. The summed E-state index contributed by atoms with van der Waals surface area (Å²) in [6.45, 7) is -0.248. The summed E-state index contributed by atoms with van der Waals surface area (Å²) in [5.74, 6) is -19.4. The maximum absolute atomic E-state index is 13.4. The van der Waals surface area contributed by atoms with Crippen molar-refractivity contribution < 1.29 is 63.0 Å². The smallest absolute Gasteiger partial charge is 0.344 e. The van der Waals surface area contributed by atoms with Gasteiger partial charge in [0.15, 0.2) is 46.5 Å². The van der Waals surface area contributed by atoms with E-state index in [1.165, 1.54) is 0 Å². The van der Waals surface area contributed by atoms with Crippen LogP contribution in [0.4, 0.5) is 43.9 Å². The second kappa shape index (κ2) is 18.8. The topological polar surface area (TPSA) is 52.6 Å². The summed E-state index contributed by atoms with van der Waals surface area (Å²) in [5.41, 5.74) is -3.09. The van der Waals surface area contributed by atoms with Crippen LogP contribution in [0.25, 0.3) is 0 Å². The highest BCUT2D eigenvalue weighted by Gasteiger charge is 2.32. The third kappa shape index (κ3) is 10.4. The molecule has 2 aliphatic heterocycles. The fourth-order valence-electron chi connectivity index (χ4n) is 5.02. The zero-order chi connectivity index (χ0) is 34.7. The molecule has 0 amide bonds. The lowest BCUT2D eigenvalue weighted by Gasteiger charge is -2.20. The van der Waals surface area contributed by atoms with Crippen LogP contribution in [0.15, 0.2) is 0 Å². The number of benzene rings is 2. The van der Waals surface area contributed by atoms with Gasteiger partial charge in [0, 0.05) is 0 Å². The molecule has 2 aliphatic rings. The summed E-state index contributed by atoms with van der Waals surface area (Å²) >= 11 is 3.80. The van der Waals surface area contributed by atoms with Crippen molar-refractivity contribution in [3.05, 3.63) is 69.3 Å². The molecule has 262 valence electrons. The maximum atomic E-state index is 13.4. The van der Waals surface area contributed by atoms with E-state index in [0.717, 1.165) is 68.0 Å². The van der Waals surface area contributed by atoms with Crippen molar-refractivity contribution in [3.63, 3.8) is 0 Å². The van der Waals surface area contributed by atoms with Crippen LogP contribution in [0.3, 0.4) is 0 Å². The van der Waals surface area contributed by atoms with Gasteiger partial charge in [0.25, 0.3) is 0 Å². The lowest BCUT2D eigenvalue weighted by molar-refractivity contribution is 0.0470. The SMILES string of the molecule is O=C(OCCCC1CCSCC1)c1c(F)c(F)c(F)c(F)c1F.O=C(OCCCCC1CCSCC1)c1c(F)c(F)c(F)c(F)c1F. The standard InChI is InChI=1S/C16H17F5O2S.C15H15F5O2S/c17-11-10(12(18)14(20)15(21)13(11)19)16(22)23-6-2-1-3-9-4-7-24-8-5-9;16-10-9(11(17)13(19)14(20)12(10)18)15(21)22-5-1-2-8-3-6-23-7-4-8/h9H,1-8H2;8H,1-7H2. The molecule has 47 heavy (non-hydrogen) atoms. The number of hydrogen-bond donors (Lipinski definition) is 0. The molecule has 4 rings (SSSR count). The van der Waals surface area contributed by atoms with Gasteiger partial charge in [-0.05, 0) is 86.2 Å². The van der Waals surface area contributed by atoms with Crippen LogP contribution in [0.1, 0.15) is 78.5 Å². The molecule has 2 aromatic rings. The molecule has 0 N–H and O–H groups in total. The van der Waals surface area contributed by atoms with Crippen LogP contribution in [-0.2, 0) is 9.47 Å². The van der Waals surface area contributed by atoms with E-state index < -0.39 is 81.2 Å². The van der Waals surface area contributed by atoms with Crippen molar-refractivity contribution in [1.82, 2.24) is 0 Å². The summed E-state index contributed by atoms with van der Waals surface area (Å²) in [6, 6.07) is 0. The van der Waals surface area contributed by atoms with E-state index in [1.807, 2.05) is 23.5 Å². The normalized spacial score (nSPS) is 15.6. The third-order valence-corrected chi connectivity index (χ3v) is 9.84. The minimum atomic E-state index is -2.30. The Morgan fingerprint density at radius 1 is 0.468 bits per heavy atom. The number of carbonyl (C=O) groups is 2. The quantitative estimate of drug-likeness (QED) is 0.0758. The minimum absolute atomic E-state index is 0.123. The van der Waals surface area contributed by atoms with Crippen molar-refractivity contribution >= 4 is 35.5 Å². The predicted molar refractivity (Wildman–Crippen MR) is 156 cm³/mol. The van der Waals surface area contributed by atoms with E-state index in [1.54, 1.807) is 0 Å². The minimum Gasteiger partial charge on any atom is -0.462 e. The molecule has 0 radical (unpaired) electrons. The van der Waals surface area contributed by atoms with Gasteiger partial charge in [-0.25, -0.2) is 53.5 Å². The van der Waals surface area contributed by atoms with E-state index in [2.05, 4.69) is 9.47 Å². The molecular formula is C31H32F10O4S2. The molecule has 0 atom stereocenters. The zero-order valence-corrected chi connectivity index (χ0v) is 26.6. The van der Waals surface area contributed by atoms with Gasteiger partial charge in [-0.3, -0.25) is 0 Å². The van der Waals surface area contributed by atoms with Crippen LogP contribution in [0, 0.1) is 70.0 Å². The van der Waals surface area contributed by atoms with Gasteiger partial charge in [0.2, 0.25) is 11.6 Å². The van der Waals surface area contributed by atoms with Crippen molar-refractivity contribution in [3.8, 4) is 0 Å². The molecule has 16 heteroatoms. The van der Waals surface area contributed by atoms with Gasteiger partial charge in [-0.15, -0.1) is 0 Å². The van der Waals surface area contributed by atoms with E-state index in [9.17, 15) is 53.5 Å². The predicted octanol–water partition coefficient (Wildman–Crippen LogP) is 9.31. The maximum Gasteiger partial charge on any atom is 0.344 e. The Morgan fingerprint density at radius 2 is 0.766 bits per heavy atom. The molecule has 2 heterocycles. The summed E-state index contributed by atoms with van der Waals surface area (Å²) in [6.07, 6.45) is 7.93. The Morgan fingerprint density at radius 3 is 1.13 bits per heavy atom. The van der Waals surface area contributed by atoms with Crippen LogP contribution in [0.5, 0.6) is 0 Å². The molecular weight excluding hydrogens is 690 g/mol. The highest BCUT2D eigenvalue weighted by molar-refractivity contribution is 7.99. The van der Waals surface area contributed by atoms with Crippen LogP contribution < -0.4 is 0 Å². The van der Waals surface area contributed by atoms with Crippen molar-refractivity contribution in [2.75, 3.05) is 36.2 Å². The molecule has 0 saturated carbocycles. The Bertz CT molecular complexity index is 1340. The lowest BCUT2D eigenvalue weighted by atomic mass is 9.96. The Kier molecular flexibility index (Phi) is 15.5. The van der Waals surface area contributed by atoms with Crippen LogP contribution in [0.2, 0.25) is 0 Å². The fourth-order valence-corrected chi connectivity index (χ4v) is 7.43. The zero-order valence-electron chi connectivity index (χ0n) is 25.0. The number of halogens is 10. The monoisotopic (exact) mass is 722 g/mol.